The number of anilines is 1. The number of rotatable bonds is 3. The van der Waals surface area contributed by atoms with Crippen LogP contribution in [0.15, 0.2) is 12.1 Å². The van der Waals surface area contributed by atoms with Gasteiger partial charge in [-0.1, -0.05) is 17.7 Å². The van der Waals surface area contributed by atoms with Crippen LogP contribution in [0, 0.1) is 20.8 Å². The van der Waals surface area contributed by atoms with Crippen LogP contribution in [0.3, 0.4) is 0 Å². The summed E-state index contributed by atoms with van der Waals surface area (Å²) in [6, 6.07) is 5.07. The number of ether oxygens (including phenoxy) is 1. The van der Waals surface area contributed by atoms with Gasteiger partial charge in [0.05, 0.1) is 6.10 Å². The summed E-state index contributed by atoms with van der Waals surface area (Å²) in [6.07, 6.45) is 5.29. The predicted octanol–water partition coefficient (Wildman–Crippen LogP) is 3.98. The first-order valence-electron chi connectivity index (χ1n) is 6.97. The zero-order chi connectivity index (χ0) is 13.1. The SMILES string of the molecule is COC1CCCC(Nc2c(C)cc(C)cc2C)C1. The Morgan fingerprint density at radius 3 is 2.39 bits per heavy atom. The standard InChI is InChI=1S/C16H25NO/c1-11-8-12(2)16(13(3)9-11)17-14-6-5-7-15(10-14)18-4/h8-9,14-15,17H,5-7,10H2,1-4H3. The number of methoxy groups -OCH3 is 1. The van der Waals surface area contributed by atoms with E-state index >= 15 is 0 Å². The highest BCUT2D eigenvalue weighted by Crippen LogP contribution is 2.28. The number of benzene rings is 1. The van der Waals surface area contributed by atoms with Gasteiger partial charge in [0.2, 0.25) is 0 Å². The number of hydrogen-bond donors (Lipinski definition) is 1. The lowest BCUT2D eigenvalue weighted by molar-refractivity contribution is 0.0669. The molecule has 1 aromatic rings. The lowest BCUT2D eigenvalue weighted by Gasteiger charge is -2.30. The molecule has 0 saturated heterocycles. The quantitative estimate of drug-likeness (QED) is 0.872. The van der Waals surface area contributed by atoms with Gasteiger partial charge < -0.3 is 10.1 Å². The van der Waals surface area contributed by atoms with Gasteiger partial charge in [0.15, 0.2) is 0 Å². The van der Waals surface area contributed by atoms with Crippen molar-refractivity contribution in [1.82, 2.24) is 0 Å². The van der Waals surface area contributed by atoms with Gasteiger partial charge in [-0.25, -0.2) is 0 Å². The van der Waals surface area contributed by atoms with Crippen molar-refractivity contribution in [1.29, 1.82) is 0 Å². The van der Waals surface area contributed by atoms with Gasteiger partial charge in [-0.15, -0.1) is 0 Å². The molecule has 1 aromatic carbocycles. The summed E-state index contributed by atoms with van der Waals surface area (Å²) in [5, 5.41) is 3.73. The van der Waals surface area contributed by atoms with E-state index in [1.165, 1.54) is 41.6 Å². The van der Waals surface area contributed by atoms with E-state index in [0.717, 1.165) is 6.42 Å². The molecule has 0 bridgehead atoms. The lowest BCUT2D eigenvalue weighted by Crippen LogP contribution is -2.31. The molecule has 2 nitrogen and oxygen atoms in total. The third-order valence-electron chi connectivity index (χ3n) is 3.98. The fourth-order valence-corrected chi connectivity index (χ4v) is 3.10. The minimum atomic E-state index is 0.433. The van der Waals surface area contributed by atoms with Gasteiger partial charge in [0.1, 0.15) is 0 Å². The maximum absolute atomic E-state index is 5.50. The summed E-state index contributed by atoms with van der Waals surface area (Å²) >= 11 is 0. The van der Waals surface area contributed by atoms with Crippen molar-refractivity contribution in [3.8, 4) is 0 Å². The van der Waals surface area contributed by atoms with E-state index in [1.54, 1.807) is 0 Å². The molecule has 0 aliphatic heterocycles. The maximum Gasteiger partial charge on any atom is 0.0590 e. The van der Waals surface area contributed by atoms with Crippen molar-refractivity contribution < 1.29 is 4.74 Å². The molecule has 0 aromatic heterocycles. The van der Waals surface area contributed by atoms with Gasteiger partial charge >= 0.3 is 0 Å². The van der Waals surface area contributed by atoms with Crippen LogP contribution in [0.1, 0.15) is 42.4 Å². The molecule has 1 aliphatic rings. The Labute approximate surface area is 111 Å². The fraction of sp³-hybridized carbons (Fsp3) is 0.625. The Kier molecular flexibility index (Phi) is 4.28. The van der Waals surface area contributed by atoms with Gasteiger partial charge in [0.25, 0.3) is 0 Å². The van der Waals surface area contributed by atoms with E-state index in [9.17, 15) is 0 Å². The van der Waals surface area contributed by atoms with Gasteiger partial charge in [-0.2, -0.15) is 0 Å². The molecular formula is C16H25NO. The Morgan fingerprint density at radius 1 is 1.11 bits per heavy atom. The van der Waals surface area contributed by atoms with Crippen molar-refractivity contribution in [3.05, 3.63) is 28.8 Å². The predicted molar refractivity (Wildman–Crippen MR) is 77.3 cm³/mol. The van der Waals surface area contributed by atoms with Crippen LogP contribution in [0.25, 0.3) is 0 Å². The van der Waals surface area contributed by atoms with E-state index in [-0.39, 0.29) is 0 Å². The number of hydrogen-bond acceptors (Lipinski definition) is 2. The first-order valence-corrected chi connectivity index (χ1v) is 6.97. The summed E-state index contributed by atoms with van der Waals surface area (Å²) in [5.74, 6) is 0. The van der Waals surface area contributed by atoms with E-state index in [4.69, 9.17) is 4.74 Å². The zero-order valence-corrected chi connectivity index (χ0v) is 12.0. The summed E-state index contributed by atoms with van der Waals surface area (Å²) < 4.78 is 5.50. The molecule has 0 radical (unpaired) electrons. The summed E-state index contributed by atoms with van der Waals surface area (Å²) in [7, 11) is 1.83. The van der Waals surface area contributed by atoms with Crippen LogP contribution in [0.4, 0.5) is 5.69 Å². The highest BCUT2D eigenvalue weighted by atomic mass is 16.5. The highest BCUT2D eigenvalue weighted by molar-refractivity contribution is 5.58. The summed E-state index contributed by atoms with van der Waals surface area (Å²) in [6.45, 7) is 6.54. The maximum atomic E-state index is 5.50. The molecule has 2 atom stereocenters. The summed E-state index contributed by atoms with van der Waals surface area (Å²) in [4.78, 5) is 0. The number of nitrogens with one attached hydrogen (secondary N) is 1. The van der Waals surface area contributed by atoms with Crippen LogP contribution in [0.2, 0.25) is 0 Å². The smallest absolute Gasteiger partial charge is 0.0590 e. The van der Waals surface area contributed by atoms with Crippen molar-refractivity contribution in [3.63, 3.8) is 0 Å². The molecule has 1 saturated carbocycles. The molecular weight excluding hydrogens is 222 g/mol. The van der Waals surface area contributed by atoms with Crippen molar-refractivity contribution in [2.75, 3.05) is 12.4 Å². The molecule has 2 heteroatoms. The molecule has 1 fully saturated rings. The third-order valence-corrected chi connectivity index (χ3v) is 3.98. The largest absolute Gasteiger partial charge is 0.382 e. The minimum Gasteiger partial charge on any atom is -0.382 e. The topological polar surface area (TPSA) is 21.3 Å². The van der Waals surface area contributed by atoms with Gasteiger partial charge in [0, 0.05) is 18.8 Å². The number of aryl methyl sites for hydroxylation is 3. The second-order valence-electron chi connectivity index (χ2n) is 5.64. The highest BCUT2D eigenvalue weighted by Gasteiger charge is 2.22. The minimum absolute atomic E-state index is 0.433. The third kappa shape index (κ3) is 3.05. The monoisotopic (exact) mass is 247 g/mol. The van der Waals surface area contributed by atoms with Crippen LogP contribution in [-0.4, -0.2) is 19.3 Å². The van der Waals surface area contributed by atoms with Crippen LogP contribution in [-0.2, 0) is 4.74 Å². The van der Waals surface area contributed by atoms with Gasteiger partial charge in [-0.05, 0) is 57.6 Å². The Bertz CT molecular complexity index is 391. The van der Waals surface area contributed by atoms with Crippen molar-refractivity contribution >= 4 is 5.69 Å². The first kappa shape index (κ1) is 13.4. The molecule has 1 aliphatic carbocycles. The molecule has 0 heterocycles. The van der Waals surface area contributed by atoms with Crippen molar-refractivity contribution in [2.24, 2.45) is 0 Å². The Hall–Kier alpha value is -1.02. The first-order chi connectivity index (χ1) is 8.60. The molecule has 100 valence electrons. The summed E-state index contributed by atoms with van der Waals surface area (Å²) in [5.41, 5.74) is 5.37. The average molecular weight is 247 g/mol. The molecule has 2 rings (SSSR count). The van der Waals surface area contributed by atoms with Crippen molar-refractivity contribution in [2.45, 2.75) is 58.6 Å². The van der Waals surface area contributed by atoms with Crippen LogP contribution < -0.4 is 5.32 Å². The molecule has 0 spiro atoms. The zero-order valence-electron chi connectivity index (χ0n) is 12.0. The second-order valence-corrected chi connectivity index (χ2v) is 5.64. The van der Waals surface area contributed by atoms with E-state index in [0.29, 0.717) is 12.1 Å². The molecule has 2 unspecified atom stereocenters. The molecule has 0 amide bonds. The average Bonchev–Trinajstić information content (AvgIpc) is 2.34. The Balaban J connectivity index is 2.09. The van der Waals surface area contributed by atoms with E-state index in [2.05, 4.69) is 38.2 Å². The molecule has 18 heavy (non-hydrogen) atoms. The fourth-order valence-electron chi connectivity index (χ4n) is 3.10. The van der Waals surface area contributed by atoms with Gasteiger partial charge in [-0.3, -0.25) is 0 Å². The lowest BCUT2D eigenvalue weighted by atomic mass is 9.92. The second kappa shape index (κ2) is 5.75. The van der Waals surface area contributed by atoms with Crippen LogP contribution in [0.5, 0.6) is 0 Å². The molecule has 1 N–H and O–H groups in total. The van der Waals surface area contributed by atoms with Crippen LogP contribution >= 0.6 is 0 Å². The van der Waals surface area contributed by atoms with E-state index in [1.807, 2.05) is 7.11 Å². The normalized spacial score (nSPS) is 24.0. The van der Waals surface area contributed by atoms with E-state index < -0.39 is 0 Å². The Morgan fingerprint density at radius 2 is 1.78 bits per heavy atom.